The molecule has 1 saturated carbocycles. The molecule has 0 unspecified atom stereocenters. The van der Waals surface area contributed by atoms with Crippen LogP contribution in [-0.2, 0) is 14.8 Å². The molecule has 1 amide bonds. The zero-order valence-corrected chi connectivity index (χ0v) is 21.4. The number of pyridine rings is 1. The van der Waals surface area contributed by atoms with Crippen LogP contribution in [0.15, 0.2) is 35.2 Å². The molecular formula is C27H38N4O3S. The minimum Gasteiger partial charge on any atom is -0.356 e. The number of benzene rings is 1. The van der Waals surface area contributed by atoms with E-state index < -0.39 is 10.0 Å². The van der Waals surface area contributed by atoms with Gasteiger partial charge in [-0.05, 0) is 68.9 Å². The van der Waals surface area contributed by atoms with E-state index in [-0.39, 0.29) is 11.8 Å². The summed E-state index contributed by atoms with van der Waals surface area (Å²) in [7, 11) is -3.46. The van der Waals surface area contributed by atoms with Crippen LogP contribution < -0.4 is 10.2 Å². The number of fused-ring (bicyclic) bond motifs is 1. The lowest BCUT2D eigenvalue weighted by molar-refractivity contribution is -0.126. The predicted molar refractivity (Wildman–Crippen MR) is 139 cm³/mol. The molecule has 3 fully saturated rings. The van der Waals surface area contributed by atoms with Crippen LogP contribution in [0.1, 0.15) is 70.6 Å². The number of hydrogen-bond donors (Lipinski definition) is 1. The van der Waals surface area contributed by atoms with Gasteiger partial charge in [0.25, 0.3) is 0 Å². The highest BCUT2D eigenvalue weighted by molar-refractivity contribution is 7.89. The van der Waals surface area contributed by atoms with Crippen molar-refractivity contribution in [1.82, 2.24) is 14.6 Å². The monoisotopic (exact) mass is 498 g/mol. The summed E-state index contributed by atoms with van der Waals surface area (Å²) in [6.45, 7) is 2.76. The number of rotatable bonds is 5. The van der Waals surface area contributed by atoms with Gasteiger partial charge in [0, 0.05) is 37.6 Å². The van der Waals surface area contributed by atoms with Gasteiger partial charge in [-0.1, -0.05) is 32.1 Å². The van der Waals surface area contributed by atoms with Crippen molar-refractivity contribution in [3.05, 3.63) is 30.3 Å². The van der Waals surface area contributed by atoms with Gasteiger partial charge in [-0.3, -0.25) is 4.79 Å². The second kappa shape index (κ2) is 10.8. The Bertz CT molecular complexity index is 1140. The number of sulfonamides is 1. The second-order valence-corrected chi connectivity index (χ2v) is 12.4. The minimum atomic E-state index is -3.46. The summed E-state index contributed by atoms with van der Waals surface area (Å²) in [4.78, 5) is 20.4. The van der Waals surface area contributed by atoms with Crippen molar-refractivity contribution < 1.29 is 13.2 Å². The van der Waals surface area contributed by atoms with E-state index in [1.54, 1.807) is 16.4 Å². The van der Waals surface area contributed by atoms with Gasteiger partial charge in [-0.15, -0.1) is 0 Å². The Labute approximate surface area is 209 Å². The largest absolute Gasteiger partial charge is 0.356 e. The molecule has 2 aliphatic heterocycles. The summed E-state index contributed by atoms with van der Waals surface area (Å²) in [5, 5.41) is 4.16. The third-order valence-electron chi connectivity index (χ3n) is 7.92. The standard InChI is InChI=1S/C27H38N4O3S/c32-27(28-23-10-4-1-2-5-11-23)22-9-8-16-30(20-22)26-15-12-21-19-24(13-14-25(21)29-26)35(33,34)31-17-6-3-7-18-31/h12-15,19,22-23H,1-11,16-18,20H2,(H,28,32)/t22-/m1/s1. The van der Waals surface area contributed by atoms with Crippen molar-refractivity contribution in [2.75, 3.05) is 31.1 Å². The number of carbonyl (C=O) groups is 1. The molecule has 3 aliphatic rings. The first kappa shape index (κ1) is 24.5. The first-order valence-corrected chi connectivity index (χ1v) is 14.9. The second-order valence-electron chi connectivity index (χ2n) is 10.5. The number of anilines is 1. The van der Waals surface area contributed by atoms with E-state index in [2.05, 4.69) is 10.2 Å². The van der Waals surface area contributed by atoms with Gasteiger partial charge in [0.2, 0.25) is 15.9 Å². The van der Waals surface area contributed by atoms with E-state index in [4.69, 9.17) is 4.98 Å². The van der Waals surface area contributed by atoms with Gasteiger partial charge < -0.3 is 10.2 Å². The predicted octanol–water partition coefficient (Wildman–Crippen LogP) is 4.46. The average molecular weight is 499 g/mol. The topological polar surface area (TPSA) is 82.6 Å². The summed E-state index contributed by atoms with van der Waals surface area (Å²) in [5.74, 6) is 1.03. The molecule has 2 saturated heterocycles. The van der Waals surface area contributed by atoms with Crippen LogP contribution in [0.3, 0.4) is 0 Å². The molecule has 7 nitrogen and oxygen atoms in total. The number of nitrogens with zero attached hydrogens (tertiary/aromatic N) is 3. The van der Waals surface area contributed by atoms with Gasteiger partial charge in [-0.25, -0.2) is 13.4 Å². The molecule has 35 heavy (non-hydrogen) atoms. The van der Waals surface area contributed by atoms with E-state index in [0.29, 0.717) is 30.6 Å². The lowest BCUT2D eigenvalue weighted by Gasteiger charge is -2.33. The van der Waals surface area contributed by atoms with Crippen LogP contribution in [0, 0.1) is 5.92 Å². The van der Waals surface area contributed by atoms with Crippen molar-refractivity contribution in [1.29, 1.82) is 0 Å². The highest BCUT2D eigenvalue weighted by Crippen LogP contribution is 2.28. The molecule has 0 spiro atoms. The molecule has 0 radical (unpaired) electrons. The van der Waals surface area contributed by atoms with E-state index in [9.17, 15) is 13.2 Å². The summed E-state index contributed by atoms with van der Waals surface area (Å²) >= 11 is 0. The van der Waals surface area contributed by atoms with Crippen LogP contribution >= 0.6 is 0 Å². The summed E-state index contributed by atoms with van der Waals surface area (Å²) in [6.07, 6.45) is 12.0. The maximum atomic E-state index is 13.1. The molecular weight excluding hydrogens is 460 g/mol. The normalized spacial score (nSPS) is 23.2. The molecule has 190 valence electrons. The summed E-state index contributed by atoms with van der Waals surface area (Å²) < 4.78 is 27.7. The molecule has 1 atom stereocenters. The van der Waals surface area contributed by atoms with Crippen molar-refractivity contribution in [3.8, 4) is 0 Å². The average Bonchev–Trinajstić information content (AvgIpc) is 3.17. The highest BCUT2D eigenvalue weighted by Gasteiger charge is 2.29. The lowest BCUT2D eigenvalue weighted by atomic mass is 9.96. The van der Waals surface area contributed by atoms with Crippen LogP contribution in [0.4, 0.5) is 5.82 Å². The fourth-order valence-corrected chi connectivity index (χ4v) is 7.38. The van der Waals surface area contributed by atoms with Crippen molar-refractivity contribution >= 4 is 32.7 Å². The van der Waals surface area contributed by atoms with Gasteiger partial charge in [-0.2, -0.15) is 4.31 Å². The summed E-state index contributed by atoms with van der Waals surface area (Å²) in [6, 6.07) is 9.50. The van der Waals surface area contributed by atoms with Crippen molar-refractivity contribution in [2.45, 2.75) is 81.6 Å². The first-order valence-electron chi connectivity index (χ1n) is 13.5. The Kier molecular flexibility index (Phi) is 7.58. The molecule has 1 N–H and O–H groups in total. The maximum Gasteiger partial charge on any atom is 0.243 e. The van der Waals surface area contributed by atoms with Crippen molar-refractivity contribution in [3.63, 3.8) is 0 Å². The van der Waals surface area contributed by atoms with Gasteiger partial charge in [0.05, 0.1) is 16.3 Å². The van der Waals surface area contributed by atoms with E-state index >= 15 is 0 Å². The molecule has 2 aromatic rings. The Morgan fingerprint density at radius 3 is 2.37 bits per heavy atom. The molecule has 1 aromatic carbocycles. The van der Waals surface area contributed by atoms with E-state index in [1.165, 1.54) is 25.7 Å². The molecule has 0 bridgehead atoms. The Morgan fingerprint density at radius 1 is 0.857 bits per heavy atom. The number of amides is 1. The van der Waals surface area contributed by atoms with Gasteiger partial charge in [0.15, 0.2) is 0 Å². The fraction of sp³-hybridized carbons (Fsp3) is 0.630. The van der Waals surface area contributed by atoms with Gasteiger partial charge in [0.1, 0.15) is 5.82 Å². The van der Waals surface area contributed by atoms with Crippen LogP contribution in [0.5, 0.6) is 0 Å². The van der Waals surface area contributed by atoms with E-state index in [1.807, 2.05) is 18.2 Å². The summed E-state index contributed by atoms with van der Waals surface area (Å²) in [5.41, 5.74) is 0.783. The molecule has 1 aliphatic carbocycles. The minimum absolute atomic E-state index is 0.0124. The SMILES string of the molecule is O=C(NC1CCCCCC1)[C@@H]1CCCN(c2ccc3cc(S(=O)(=O)N4CCCCC4)ccc3n2)C1. The number of piperidine rings is 2. The quantitative estimate of drug-likeness (QED) is 0.615. The van der Waals surface area contributed by atoms with Crippen LogP contribution in [0.2, 0.25) is 0 Å². The fourth-order valence-electron chi connectivity index (χ4n) is 5.83. The number of nitrogens with one attached hydrogen (secondary N) is 1. The Balaban J connectivity index is 1.27. The molecule has 1 aromatic heterocycles. The lowest BCUT2D eigenvalue weighted by Crippen LogP contribution is -2.46. The zero-order valence-electron chi connectivity index (χ0n) is 20.6. The third-order valence-corrected chi connectivity index (χ3v) is 9.81. The smallest absolute Gasteiger partial charge is 0.243 e. The third kappa shape index (κ3) is 5.64. The van der Waals surface area contributed by atoms with Crippen molar-refractivity contribution in [2.24, 2.45) is 5.92 Å². The Hall–Kier alpha value is -2.19. The number of carbonyl (C=O) groups excluding carboxylic acids is 1. The molecule has 3 heterocycles. The molecule has 8 heteroatoms. The van der Waals surface area contributed by atoms with Crippen LogP contribution in [-0.4, -0.2) is 55.8 Å². The first-order chi connectivity index (χ1) is 17.0. The van der Waals surface area contributed by atoms with E-state index in [0.717, 1.165) is 68.2 Å². The maximum absolute atomic E-state index is 13.1. The molecule has 5 rings (SSSR count). The highest BCUT2D eigenvalue weighted by atomic mass is 32.2. The number of hydrogen-bond acceptors (Lipinski definition) is 5. The Morgan fingerprint density at radius 2 is 1.60 bits per heavy atom. The number of aromatic nitrogens is 1. The zero-order chi connectivity index (χ0) is 24.3. The van der Waals surface area contributed by atoms with Crippen LogP contribution in [0.25, 0.3) is 10.9 Å². The van der Waals surface area contributed by atoms with Gasteiger partial charge >= 0.3 is 0 Å².